The summed E-state index contributed by atoms with van der Waals surface area (Å²) in [5.74, 6) is 1.97. The number of ether oxygens (including phenoxy) is 1. The smallest absolute Gasteiger partial charge is 0.224 e. The SMILES string of the molecule is Cc1ccc(OCCCCn2c(CCNC(=O)Cc3ccccc3C)nc3ccccc32)cc1. The average Bonchev–Trinajstić information content (AvgIpc) is 3.19. The number of benzene rings is 3. The number of nitrogens with one attached hydrogen (secondary N) is 1. The van der Waals surface area contributed by atoms with Crippen LogP contribution in [0.1, 0.15) is 35.4 Å². The van der Waals surface area contributed by atoms with Crippen molar-refractivity contribution in [3.05, 3.63) is 95.3 Å². The average molecular weight is 456 g/mol. The highest BCUT2D eigenvalue weighted by atomic mass is 16.5. The van der Waals surface area contributed by atoms with Crippen molar-refractivity contribution in [1.82, 2.24) is 14.9 Å². The van der Waals surface area contributed by atoms with E-state index in [0.29, 0.717) is 26.0 Å². The van der Waals surface area contributed by atoms with Gasteiger partial charge in [-0.2, -0.15) is 0 Å². The third-order valence-corrected chi connectivity index (χ3v) is 6.08. The molecular formula is C29H33N3O2. The van der Waals surface area contributed by atoms with Crippen molar-refractivity contribution in [2.45, 2.75) is 46.1 Å². The van der Waals surface area contributed by atoms with Crippen molar-refractivity contribution in [3.63, 3.8) is 0 Å². The number of fused-ring (bicyclic) bond motifs is 1. The van der Waals surface area contributed by atoms with Crippen LogP contribution in [0.3, 0.4) is 0 Å². The van der Waals surface area contributed by atoms with Crippen LogP contribution >= 0.6 is 0 Å². The van der Waals surface area contributed by atoms with E-state index < -0.39 is 0 Å². The Labute approximate surface area is 201 Å². The van der Waals surface area contributed by atoms with Crippen LogP contribution in [0.4, 0.5) is 0 Å². The molecule has 1 heterocycles. The number of carbonyl (C=O) groups is 1. The van der Waals surface area contributed by atoms with Gasteiger partial charge < -0.3 is 14.6 Å². The lowest BCUT2D eigenvalue weighted by molar-refractivity contribution is -0.120. The van der Waals surface area contributed by atoms with Gasteiger partial charge in [-0.3, -0.25) is 4.79 Å². The number of hydrogen-bond acceptors (Lipinski definition) is 3. The van der Waals surface area contributed by atoms with Crippen molar-refractivity contribution >= 4 is 16.9 Å². The third kappa shape index (κ3) is 6.25. The number of hydrogen-bond donors (Lipinski definition) is 1. The molecule has 0 spiro atoms. The zero-order valence-electron chi connectivity index (χ0n) is 20.1. The van der Waals surface area contributed by atoms with Gasteiger partial charge in [0.1, 0.15) is 11.6 Å². The van der Waals surface area contributed by atoms with Crippen LogP contribution < -0.4 is 10.1 Å². The minimum Gasteiger partial charge on any atom is -0.494 e. The minimum atomic E-state index is 0.0465. The van der Waals surface area contributed by atoms with E-state index in [1.54, 1.807) is 0 Å². The number of para-hydroxylation sites is 2. The minimum absolute atomic E-state index is 0.0465. The molecule has 0 aliphatic heterocycles. The second-order valence-electron chi connectivity index (χ2n) is 8.74. The molecule has 0 bridgehead atoms. The first-order chi connectivity index (χ1) is 16.6. The van der Waals surface area contributed by atoms with Gasteiger partial charge in [0.25, 0.3) is 0 Å². The maximum absolute atomic E-state index is 12.4. The normalized spacial score (nSPS) is 11.0. The first-order valence-electron chi connectivity index (χ1n) is 12.0. The Kier molecular flexibility index (Phi) is 7.97. The molecule has 0 fully saturated rings. The Morgan fingerprint density at radius 3 is 2.53 bits per heavy atom. The first kappa shape index (κ1) is 23.6. The Balaban J connectivity index is 1.30. The van der Waals surface area contributed by atoms with Gasteiger partial charge in [-0.25, -0.2) is 4.98 Å². The number of aryl methyl sites for hydroxylation is 3. The van der Waals surface area contributed by atoms with Crippen LogP contribution in [0.2, 0.25) is 0 Å². The second-order valence-corrected chi connectivity index (χ2v) is 8.74. The van der Waals surface area contributed by atoms with E-state index in [-0.39, 0.29) is 5.91 Å². The molecule has 0 unspecified atom stereocenters. The molecule has 0 atom stereocenters. The Morgan fingerprint density at radius 1 is 0.941 bits per heavy atom. The Bertz CT molecular complexity index is 1230. The zero-order chi connectivity index (χ0) is 23.8. The summed E-state index contributed by atoms with van der Waals surface area (Å²) < 4.78 is 8.16. The molecule has 1 aromatic heterocycles. The molecule has 3 aromatic carbocycles. The summed E-state index contributed by atoms with van der Waals surface area (Å²) in [6, 6.07) is 24.4. The van der Waals surface area contributed by atoms with E-state index in [1.165, 1.54) is 5.56 Å². The van der Waals surface area contributed by atoms with E-state index >= 15 is 0 Å². The van der Waals surface area contributed by atoms with E-state index in [1.807, 2.05) is 55.5 Å². The quantitative estimate of drug-likeness (QED) is 0.308. The van der Waals surface area contributed by atoms with Gasteiger partial charge in [0, 0.05) is 19.5 Å². The van der Waals surface area contributed by atoms with Crippen LogP contribution in [0.5, 0.6) is 5.75 Å². The van der Waals surface area contributed by atoms with E-state index in [9.17, 15) is 4.79 Å². The summed E-state index contributed by atoms with van der Waals surface area (Å²) in [7, 11) is 0. The van der Waals surface area contributed by atoms with Crippen LogP contribution in [-0.2, 0) is 24.2 Å². The van der Waals surface area contributed by atoms with E-state index in [2.05, 4.69) is 41.1 Å². The summed E-state index contributed by atoms with van der Waals surface area (Å²) >= 11 is 0. The Hall–Kier alpha value is -3.60. The number of nitrogens with zero attached hydrogens (tertiary/aromatic N) is 2. The molecule has 176 valence electrons. The summed E-state index contributed by atoms with van der Waals surface area (Å²) in [5, 5.41) is 3.06. The van der Waals surface area contributed by atoms with E-state index in [0.717, 1.165) is 53.1 Å². The summed E-state index contributed by atoms with van der Waals surface area (Å²) in [4.78, 5) is 17.3. The van der Waals surface area contributed by atoms with Crippen molar-refractivity contribution in [3.8, 4) is 5.75 Å². The molecule has 0 saturated carbocycles. The maximum atomic E-state index is 12.4. The lowest BCUT2D eigenvalue weighted by Gasteiger charge is -2.11. The molecule has 1 amide bonds. The fourth-order valence-electron chi connectivity index (χ4n) is 4.12. The Morgan fingerprint density at radius 2 is 1.71 bits per heavy atom. The van der Waals surface area contributed by atoms with Crippen molar-refractivity contribution in [2.75, 3.05) is 13.2 Å². The van der Waals surface area contributed by atoms with Crippen LogP contribution in [0.15, 0.2) is 72.8 Å². The highest BCUT2D eigenvalue weighted by molar-refractivity contribution is 5.79. The zero-order valence-corrected chi connectivity index (χ0v) is 20.1. The lowest BCUT2D eigenvalue weighted by Crippen LogP contribution is -2.28. The summed E-state index contributed by atoms with van der Waals surface area (Å²) in [6.45, 7) is 6.26. The van der Waals surface area contributed by atoms with Crippen molar-refractivity contribution < 1.29 is 9.53 Å². The van der Waals surface area contributed by atoms with Gasteiger partial charge in [-0.15, -0.1) is 0 Å². The fraction of sp³-hybridized carbons (Fsp3) is 0.310. The van der Waals surface area contributed by atoms with Crippen LogP contribution in [0, 0.1) is 13.8 Å². The second kappa shape index (κ2) is 11.5. The van der Waals surface area contributed by atoms with Gasteiger partial charge in [0.15, 0.2) is 0 Å². The first-order valence-corrected chi connectivity index (χ1v) is 12.0. The molecule has 4 aromatic rings. The predicted octanol–water partition coefficient (Wildman–Crippen LogP) is 5.41. The third-order valence-electron chi connectivity index (χ3n) is 6.08. The maximum Gasteiger partial charge on any atom is 0.224 e. The van der Waals surface area contributed by atoms with Gasteiger partial charge in [0.2, 0.25) is 5.91 Å². The number of rotatable bonds is 11. The number of aromatic nitrogens is 2. The molecule has 0 aliphatic carbocycles. The number of carbonyl (C=O) groups excluding carboxylic acids is 1. The summed E-state index contributed by atoms with van der Waals surface area (Å²) in [6.07, 6.45) is 3.07. The largest absolute Gasteiger partial charge is 0.494 e. The van der Waals surface area contributed by atoms with Gasteiger partial charge in [-0.05, 0) is 62.1 Å². The molecule has 0 saturated heterocycles. The van der Waals surface area contributed by atoms with E-state index in [4.69, 9.17) is 9.72 Å². The number of unbranched alkanes of at least 4 members (excludes halogenated alkanes) is 1. The topological polar surface area (TPSA) is 56.1 Å². The molecule has 1 N–H and O–H groups in total. The predicted molar refractivity (Wildman–Crippen MR) is 137 cm³/mol. The summed E-state index contributed by atoms with van der Waals surface area (Å²) in [5.41, 5.74) is 5.59. The molecule has 34 heavy (non-hydrogen) atoms. The van der Waals surface area contributed by atoms with Gasteiger partial charge in [-0.1, -0.05) is 54.1 Å². The van der Waals surface area contributed by atoms with Crippen molar-refractivity contribution in [1.29, 1.82) is 0 Å². The molecule has 0 radical (unpaired) electrons. The highest BCUT2D eigenvalue weighted by Crippen LogP contribution is 2.18. The van der Waals surface area contributed by atoms with Crippen molar-refractivity contribution in [2.24, 2.45) is 0 Å². The molecule has 4 rings (SSSR count). The monoisotopic (exact) mass is 455 g/mol. The molecular weight excluding hydrogens is 422 g/mol. The van der Waals surface area contributed by atoms with Gasteiger partial charge in [0.05, 0.1) is 24.1 Å². The molecule has 0 aliphatic rings. The number of amides is 1. The lowest BCUT2D eigenvalue weighted by atomic mass is 10.1. The standard InChI is InChI=1S/C29H33N3O2/c1-22-13-15-25(16-14-22)34-20-8-7-19-32-27-12-6-5-11-26(27)31-28(32)17-18-30-29(33)21-24-10-4-3-9-23(24)2/h3-6,9-16H,7-8,17-21H2,1-2H3,(H,30,33). The van der Waals surface area contributed by atoms with Gasteiger partial charge >= 0.3 is 0 Å². The highest BCUT2D eigenvalue weighted by Gasteiger charge is 2.11. The van der Waals surface area contributed by atoms with Crippen LogP contribution in [-0.4, -0.2) is 28.6 Å². The molecule has 5 heteroatoms. The van der Waals surface area contributed by atoms with Crippen LogP contribution in [0.25, 0.3) is 11.0 Å². The number of imidazole rings is 1. The molecule has 5 nitrogen and oxygen atoms in total. The fourth-order valence-corrected chi connectivity index (χ4v) is 4.12.